The molecular weight excluding hydrogens is 246 g/mol. The van der Waals surface area contributed by atoms with Crippen LogP contribution in [0.4, 0.5) is 5.82 Å². The van der Waals surface area contributed by atoms with E-state index in [1.54, 1.807) is 17.2 Å². The van der Waals surface area contributed by atoms with Gasteiger partial charge in [-0.25, -0.2) is 4.98 Å². The van der Waals surface area contributed by atoms with E-state index in [2.05, 4.69) is 20.9 Å². The molecule has 0 spiro atoms. The Balaban J connectivity index is 2.23. The molecule has 0 bridgehead atoms. The van der Waals surface area contributed by atoms with Crippen LogP contribution in [0.5, 0.6) is 0 Å². The second-order valence-electron chi connectivity index (χ2n) is 3.30. The average Bonchev–Trinajstić information content (AvgIpc) is 2.47. The van der Waals surface area contributed by atoms with Crippen LogP contribution < -0.4 is 10.6 Å². The topological polar surface area (TPSA) is 59.2 Å². The van der Waals surface area contributed by atoms with E-state index >= 15 is 0 Å². The van der Waals surface area contributed by atoms with Crippen LogP contribution in [0.3, 0.4) is 0 Å². The summed E-state index contributed by atoms with van der Waals surface area (Å²) in [5, 5.41) is 0. The Kier molecular flexibility index (Phi) is 2.52. The Hall–Kier alpha value is -0.940. The molecule has 1 aliphatic rings. The van der Waals surface area contributed by atoms with Crippen molar-refractivity contribution in [3.63, 3.8) is 0 Å². The molecule has 0 aromatic carbocycles. The summed E-state index contributed by atoms with van der Waals surface area (Å²) >= 11 is 3.29. The highest BCUT2D eigenvalue weighted by Gasteiger charge is 2.28. The van der Waals surface area contributed by atoms with E-state index in [0.29, 0.717) is 18.8 Å². The van der Waals surface area contributed by atoms with Gasteiger partial charge in [-0.3, -0.25) is 9.69 Å². The lowest BCUT2D eigenvalue weighted by atomic mass is 10.3. The molecule has 1 aliphatic heterocycles. The molecule has 0 aliphatic carbocycles. The number of anilines is 1. The van der Waals surface area contributed by atoms with Gasteiger partial charge in [-0.05, 0) is 28.1 Å². The molecule has 1 saturated heterocycles. The molecule has 5 heteroatoms. The van der Waals surface area contributed by atoms with Crippen LogP contribution in [-0.4, -0.2) is 23.5 Å². The van der Waals surface area contributed by atoms with Gasteiger partial charge in [0.1, 0.15) is 5.82 Å². The third-order valence-corrected chi connectivity index (χ3v) is 2.61. The fraction of sp³-hybridized carbons (Fsp3) is 0.333. The molecule has 1 aromatic heterocycles. The van der Waals surface area contributed by atoms with Gasteiger partial charge in [0.25, 0.3) is 0 Å². The predicted molar refractivity (Wildman–Crippen MR) is 56.9 cm³/mol. The Bertz CT molecular complexity index is 352. The first kappa shape index (κ1) is 9.61. The van der Waals surface area contributed by atoms with E-state index in [9.17, 15) is 4.79 Å². The maximum atomic E-state index is 11.5. The minimum absolute atomic E-state index is 0.0484. The van der Waals surface area contributed by atoms with Gasteiger partial charge in [0.15, 0.2) is 0 Å². The van der Waals surface area contributed by atoms with Gasteiger partial charge in [-0.2, -0.15) is 0 Å². The number of amides is 1. The van der Waals surface area contributed by atoms with Crippen molar-refractivity contribution in [3.8, 4) is 0 Å². The second kappa shape index (κ2) is 3.67. The van der Waals surface area contributed by atoms with Crippen LogP contribution in [0.1, 0.15) is 6.42 Å². The van der Waals surface area contributed by atoms with Crippen LogP contribution in [0.2, 0.25) is 0 Å². The van der Waals surface area contributed by atoms with Gasteiger partial charge in [0, 0.05) is 29.7 Å². The highest BCUT2D eigenvalue weighted by atomic mass is 79.9. The lowest BCUT2D eigenvalue weighted by Crippen LogP contribution is -2.28. The number of pyridine rings is 1. The van der Waals surface area contributed by atoms with Crippen molar-refractivity contribution in [3.05, 3.63) is 22.8 Å². The fourth-order valence-corrected chi connectivity index (χ4v) is 1.72. The Morgan fingerprint density at radius 1 is 1.57 bits per heavy atom. The Morgan fingerprint density at radius 3 is 2.86 bits per heavy atom. The minimum Gasteiger partial charge on any atom is -0.326 e. The van der Waals surface area contributed by atoms with Crippen molar-refractivity contribution in [2.24, 2.45) is 5.73 Å². The predicted octanol–water partition coefficient (Wildman–Crippen LogP) is 0.908. The number of carbonyl (C=O) groups is 1. The molecule has 2 heterocycles. The molecular formula is C9H10BrN3O. The van der Waals surface area contributed by atoms with Crippen LogP contribution in [0, 0.1) is 0 Å². The highest BCUT2D eigenvalue weighted by molar-refractivity contribution is 9.10. The standard InChI is InChI=1S/C9H10BrN3O/c10-6-1-2-8(12-4-6)13-5-7(11)3-9(13)14/h1-2,4,7H,3,5,11H2. The third kappa shape index (κ3) is 1.78. The summed E-state index contributed by atoms with van der Waals surface area (Å²) in [7, 11) is 0. The maximum absolute atomic E-state index is 11.5. The number of aromatic nitrogens is 1. The molecule has 1 amide bonds. The zero-order valence-corrected chi connectivity index (χ0v) is 9.07. The maximum Gasteiger partial charge on any atom is 0.229 e. The first-order valence-electron chi connectivity index (χ1n) is 4.34. The molecule has 1 fully saturated rings. The summed E-state index contributed by atoms with van der Waals surface area (Å²) in [4.78, 5) is 17.2. The first-order valence-corrected chi connectivity index (χ1v) is 5.13. The summed E-state index contributed by atoms with van der Waals surface area (Å²) in [6, 6.07) is 3.60. The molecule has 0 saturated carbocycles. The second-order valence-corrected chi connectivity index (χ2v) is 4.22. The van der Waals surface area contributed by atoms with E-state index in [4.69, 9.17) is 5.73 Å². The van der Waals surface area contributed by atoms with Crippen LogP contribution in [-0.2, 0) is 4.79 Å². The van der Waals surface area contributed by atoms with Crippen molar-refractivity contribution >= 4 is 27.7 Å². The number of carbonyl (C=O) groups excluding carboxylic acids is 1. The smallest absolute Gasteiger partial charge is 0.229 e. The number of halogens is 1. The van der Waals surface area contributed by atoms with Crippen molar-refractivity contribution in [2.45, 2.75) is 12.5 Å². The molecule has 1 unspecified atom stereocenters. The fourth-order valence-electron chi connectivity index (χ4n) is 1.48. The first-order chi connectivity index (χ1) is 6.66. The van der Waals surface area contributed by atoms with Crippen molar-refractivity contribution in [1.29, 1.82) is 0 Å². The Labute approximate surface area is 90.2 Å². The molecule has 2 rings (SSSR count). The van der Waals surface area contributed by atoms with Gasteiger partial charge in [0.2, 0.25) is 5.91 Å². The molecule has 4 nitrogen and oxygen atoms in total. The largest absolute Gasteiger partial charge is 0.326 e. The molecule has 14 heavy (non-hydrogen) atoms. The van der Waals surface area contributed by atoms with Gasteiger partial charge in [0.05, 0.1) is 0 Å². The van der Waals surface area contributed by atoms with Crippen molar-refractivity contribution in [2.75, 3.05) is 11.4 Å². The average molecular weight is 256 g/mol. The summed E-state index contributed by atoms with van der Waals surface area (Å²) in [5.41, 5.74) is 5.68. The number of rotatable bonds is 1. The number of hydrogen-bond donors (Lipinski definition) is 1. The van der Waals surface area contributed by atoms with Gasteiger partial charge in [-0.15, -0.1) is 0 Å². The monoisotopic (exact) mass is 255 g/mol. The molecule has 74 valence electrons. The molecule has 1 atom stereocenters. The lowest BCUT2D eigenvalue weighted by Gasteiger charge is -2.14. The third-order valence-electron chi connectivity index (χ3n) is 2.14. The molecule has 0 radical (unpaired) electrons. The van der Waals surface area contributed by atoms with Crippen LogP contribution in [0.25, 0.3) is 0 Å². The Morgan fingerprint density at radius 2 is 2.36 bits per heavy atom. The summed E-state index contributed by atoms with van der Waals surface area (Å²) in [6.45, 7) is 0.563. The lowest BCUT2D eigenvalue weighted by molar-refractivity contribution is -0.117. The van der Waals surface area contributed by atoms with E-state index in [1.165, 1.54) is 0 Å². The van der Waals surface area contributed by atoms with E-state index in [1.807, 2.05) is 6.07 Å². The highest BCUT2D eigenvalue weighted by Crippen LogP contribution is 2.19. The zero-order chi connectivity index (χ0) is 10.1. The van der Waals surface area contributed by atoms with Crippen molar-refractivity contribution in [1.82, 2.24) is 4.98 Å². The van der Waals surface area contributed by atoms with Crippen molar-refractivity contribution < 1.29 is 4.79 Å². The van der Waals surface area contributed by atoms with Gasteiger partial charge in [-0.1, -0.05) is 0 Å². The van der Waals surface area contributed by atoms with E-state index in [-0.39, 0.29) is 11.9 Å². The van der Waals surface area contributed by atoms with Crippen LogP contribution in [0.15, 0.2) is 22.8 Å². The summed E-state index contributed by atoms with van der Waals surface area (Å²) in [5.74, 6) is 0.721. The summed E-state index contributed by atoms with van der Waals surface area (Å²) in [6.07, 6.45) is 2.09. The van der Waals surface area contributed by atoms with E-state index < -0.39 is 0 Å². The summed E-state index contributed by atoms with van der Waals surface area (Å²) < 4.78 is 0.900. The van der Waals surface area contributed by atoms with E-state index in [0.717, 1.165) is 4.47 Å². The number of nitrogens with two attached hydrogens (primary N) is 1. The SMILES string of the molecule is NC1CC(=O)N(c2ccc(Br)cn2)C1. The molecule has 2 N–H and O–H groups in total. The van der Waals surface area contributed by atoms with Gasteiger partial charge < -0.3 is 5.73 Å². The number of nitrogens with zero attached hydrogens (tertiary/aromatic N) is 2. The van der Waals surface area contributed by atoms with Gasteiger partial charge >= 0.3 is 0 Å². The number of hydrogen-bond acceptors (Lipinski definition) is 3. The van der Waals surface area contributed by atoms with Crippen LogP contribution >= 0.6 is 15.9 Å². The normalized spacial score (nSPS) is 21.7. The zero-order valence-electron chi connectivity index (χ0n) is 7.48. The quantitative estimate of drug-likeness (QED) is 0.812. The minimum atomic E-state index is -0.0621. The molecule has 1 aromatic rings.